The Morgan fingerprint density at radius 3 is 2.44 bits per heavy atom. The smallest absolute Gasteiger partial charge is 0.182 e. The molecule has 0 spiro atoms. The molecule has 0 aliphatic heterocycles. The quantitative estimate of drug-likeness (QED) is 0.333. The fraction of sp³-hybridized carbons (Fsp3) is 0.200. The Bertz CT molecular complexity index is 1380. The van der Waals surface area contributed by atoms with Gasteiger partial charge in [-0.2, -0.15) is 5.10 Å². The monoisotopic (exact) mass is 470 g/mol. The fourth-order valence-electron chi connectivity index (χ4n) is 3.81. The van der Waals surface area contributed by atoms with E-state index in [0.717, 1.165) is 53.0 Å². The summed E-state index contributed by atoms with van der Waals surface area (Å²) in [5.74, 6) is 2.21. The van der Waals surface area contributed by atoms with Crippen LogP contribution in [0.3, 0.4) is 0 Å². The molecular weight excluding hydrogens is 448 g/mol. The van der Waals surface area contributed by atoms with Gasteiger partial charge in [0.25, 0.3) is 0 Å². The van der Waals surface area contributed by atoms with Crippen molar-refractivity contribution in [1.29, 1.82) is 0 Å². The van der Waals surface area contributed by atoms with E-state index >= 15 is 0 Å². The average Bonchev–Trinajstić information content (AvgIpc) is 3.54. The molecule has 1 N–H and O–H groups in total. The second kappa shape index (κ2) is 9.93. The zero-order chi connectivity index (χ0) is 23.3. The average molecular weight is 471 g/mol. The summed E-state index contributed by atoms with van der Waals surface area (Å²) in [6.07, 6.45) is 4.87. The summed E-state index contributed by atoms with van der Waals surface area (Å²) in [4.78, 5) is 9.53. The first-order valence-electron chi connectivity index (χ1n) is 11.2. The van der Waals surface area contributed by atoms with Crippen LogP contribution in [-0.2, 0) is 13.0 Å². The van der Waals surface area contributed by atoms with Crippen LogP contribution in [-0.4, -0.2) is 40.4 Å². The Morgan fingerprint density at radius 2 is 1.74 bits per heavy atom. The number of H-pyrrole nitrogens is 1. The van der Waals surface area contributed by atoms with E-state index in [1.54, 1.807) is 0 Å². The van der Waals surface area contributed by atoms with Crippen molar-refractivity contribution < 1.29 is 0 Å². The van der Waals surface area contributed by atoms with Gasteiger partial charge in [-0.05, 0) is 40.6 Å². The summed E-state index contributed by atoms with van der Waals surface area (Å²) in [6, 6.07) is 19.7. The van der Waals surface area contributed by atoms with Crippen molar-refractivity contribution >= 4 is 11.6 Å². The van der Waals surface area contributed by atoms with Crippen molar-refractivity contribution in [2.75, 3.05) is 0 Å². The number of nitrogens with one attached hydrogen (secondary N) is 1. The highest BCUT2D eigenvalue weighted by Crippen LogP contribution is 2.29. The number of aromatic amines is 1. The Labute approximate surface area is 202 Å². The Morgan fingerprint density at radius 1 is 0.941 bits per heavy atom. The normalized spacial score (nSPS) is 11.1. The van der Waals surface area contributed by atoms with Gasteiger partial charge in [-0.3, -0.25) is 4.98 Å². The van der Waals surface area contributed by atoms with Crippen molar-refractivity contribution in [1.82, 2.24) is 40.4 Å². The van der Waals surface area contributed by atoms with Crippen molar-refractivity contribution in [3.63, 3.8) is 0 Å². The highest BCUT2D eigenvalue weighted by atomic mass is 35.5. The van der Waals surface area contributed by atoms with E-state index in [-0.39, 0.29) is 0 Å². The van der Waals surface area contributed by atoms with Gasteiger partial charge in [0.1, 0.15) is 5.82 Å². The largest absolute Gasteiger partial charge is 0.256 e. The zero-order valence-electron chi connectivity index (χ0n) is 18.7. The minimum absolute atomic E-state index is 0.581. The SMILES string of the molecule is CCCCc1nc(-c2ccccc2Cl)nn1Cc1ccc(-c2ccccc2-c2nnn[nH]2)nc1. The molecule has 0 saturated carbocycles. The molecule has 3 aromatic heterocycles. The summed E-state index contributed by atoms with van der Waals surface area (Å²) < 4.78 is 1.96. The van der Waals surface area contributed by atoms with E-state index in [1.807, 2.05) is 65.5 Å². The molecule has 0 aliphatic rings. The third kappa shape index (κ3) is 4.58. The second-order valence-electron chi connectivity index (χ2n) is 7.94. The van der Waals surface area contributed by atoms with Crippen molar-refractivity contribution in [3.05, 3.63) is 83.3 Å². The number of tetrazole rings is 1. The van der Waals surface area contributed by atoms with Crippen LogP contribution in [0.5, 0.6) is 0 Å². The van der Waals surface area contributed by atoms with Gasteiger partial charge in [-0.1, -0.05) is 67.4 Å². The topological polar surface area (TPSA) is 98.1 Å². The maximum absolute atomic E-state index is 6.40. The molecule has 5 rings (SSSR count). The molecular formula is C25H23ClN8. The van der Waals surface area contributed by atoms with Gasteiger partial charge < -0.3 is 0 Å². The molecule has 9 heteroatoms. The first kappa shape index (κ1) is 21.9. The molecule has 8 nitrogen and oxygen atoms in total. The third-order valence-corrected chi connectivity index (χ3v) is 5.91. The fourth-order valence-corrected chi connectivity index (χ4v) is 4.03. The highest BCUT2D eigenvalue weighted by molar-refractivity contribution is 6.33. The lowest BCUT2D eigenvalue weighted by molar-refractivity contribution is 0.617. The van der Waals surface area contributed by atoms with Gasteiger partial charge in [0.05, 0.1) is 17.3 Å². The standard InChI is InChI=1S/C25H23ClN8/c1-2-3-12-23-28-24(20-10-6-7-11-21(20)26)31-34(23)16-17-13-14-22(27-15-17)18-8-4-5-9-19(18)25-29-32-33-30-25/h4-11,13-15H,2-3,12,16H2,1H3,(H,29,30,32,33). The molecule has 0 radical (unpaired) electrons. The molecule has 3 heterocycles. The van der Waals surface area contributed by atoms with Crippen LogP contribution >= 0.6 is 11.6 Å². The molecule has 5 aromatic rings. The maximum Gasteiger partial charge on any atom is 0.182 e. The molecule has 170 valence electrons. The first-order chi connectivity index (χ1) is 16.7. The van der Waals surface area contributed by atoms with Crippen LogP contribution in [0.25, 0.3) is 34.0 Å². The number of aryl methyl sites for hydroxylation is 1. The Balaban J connectivity index is 1.43. The lowest BCUT2D eigenvalue weighted by Crippen LogP contribution is -2.07. The number of pyridine rings is 1. The third-order valence-electron chi connectivity index (χ3n) is 5.58. The van der Waals surface area contributed by atoms with Crippen molar-refractivity contribution in [2.45, 2.75) is 32.7 Å². The Kier molecular flexibility index (Phi) is 6.40. The van der Waals surface area contributed by atoms with E-state index in [9.17, 15) is 0 Å². The molecule has 0 fully saturated rings. The Hall–Kier alpha value is -3.91. The van der Waals surface area contributed by atoms with Crippen LogP contribution in [0.1, 0.15) is 31.2 Å². The summed E-state index contributed by atoms with van der Waals surface area (Å²) in [7, 11) is 0. The minimum Gasteiger partial charge on any atom is -0.256 e. The number of rotatable bonds is 8. The van der Waals surface area contributed by atoms with Crippen LogP contribution in [0.4, 0.5) is 0 Å². The van der Waals surface area contributed by atoms with Gasteiger partial charge in [-0.25, -0.2) is 14.8 Å². The number of halogens is 1. The number of unbranched alkanes of at least 4 members (excludes halogenated alkanes) is 1. The number of aromatic nitrogens is 8. The summed E-state index contributed by atoms with van der Waals surface area (Å²) in [6.45, 7) is 2.75. The summed E-state index contributed by atoms with van der Waals surface area (Å²) in [5.41, 5.74) is 4.58. The summed E-state index contributed by atoms with van der Waals surface area (Å²) >= 11 is 6.40. The van der Waals surface area contributed by atoms with Gasteiger partial charge in [-0.15, -0.1) is 5.10 Å². The number of hydrogen-bond acceptors (Lipinski definition) is 6. The predicted molar refractivity (Wildman–Crippen MR) is 131 cm³/mol. The molecule has 34 heavy (non-hydrogen) atoms. The number of benzene rings is 2. The van der Waals surface area contributed by atoms with Gasteiger partial charge in [0, 0.05) is 29.3 Å². The minimum atomic E-state index is 0.581. The molecule has 2 aromatic carbocycles. The number of nitrogens with zero attached hydrogens (tertiary/aromatic N) is 7. The predicted octanol–water partition coefficient (Wildman–Crippen LogP) is 5.23. The molecule has 0 amide bonds. The van der Waals surface area contributed by atoms with Crippen LogP contribution in [0.2, 0.25) is 5.02 Å². The molecule has 0 bridgehead atoms. The molecule has 0 atom stereocenters. The van der Waals surface area contributed by atoms with Gasteiger partial charge >= 0.3 is 0 Å². The van der Waals surface area contributed by atoms with Crippen LogP contribution in [0.15, 0.2) is 66.9 Å². The maximum atomic E-state index is 6.40. The summed E-state index contributed by atoms with van der Waals surface area (Å²) in [5, 5.41) is 19.7. The molecule has 0 aliphatic carbocycles. The highest BCUT2D eigenvalue weighted by Gasteiger charge is 2.15. The first-order valence-corrected chi connectivity index (χ1v) is 11.6. The van der Waals surface area contributed by atoms with Crippen LogP contribution < -0.4 is 0 Å². The van der Waals surface area contributed by atoms with Crippen molar-refractivity contribution in [3.8, 4) is 34.0 Å². The number of hydrogen-bond donors (Lipinski definition) is 1. The van der Waals surface area contributed by atoms with Crippen LogP contribution in [0, 0.1) is 0 Å². The lowest BCUT2D eigenvalue weighted by Gasteiger charge is -2.09. The molecule has 0 unspecified atom stereocenters. The lowest BCUT2D eigenvalue weighted by atomic mass is 10.0. The van der Waals surface area contributed by atoms with E-state index in [1.165, 1.54) is 0 Å². The van der Waals surface area contributed by atoms with Gasteiger partial charge in [0.15, 0.2) is 11.6 Å². The van der Waals surface area contributed by atoms with E-state index < -0.39 is 0 Å². The van der Waals surface area contributed by atoms with Crippen molar-refractivity contribution in [2.24, 2.45) is 0 Å². The van der Waals surface area contributed by atoms with E-state index in [2.05, 4.69) is 33.6 Å². The second-order valence-corrected chi connectivity index (χ2v) is 8.35. The van der Waals surface area contributed by atoms with E-state index in [4.69, 9.17) is 26.7 Å². The van der Waals surface area contributed by atoms with Gasteiger partial charge in [0.2, 0.25) is 0 Å². The molecule has 0 saturated heterocycles. The zero-order valence-corrected chi connectivity index (χ0v) is 19.4. The van der Waals surface area contributed by atoms with E-state index in [0.29, 0.717) is 23.2 Å².